The average Bonchev–Trinajstić information content (AvgIpc) is 2.91. The minimum Gasteiger partial charge on any atom is -0.0683 e. The first kappa shape index (κ1) is 34.3. The lowest BCUT2D eigenvalue weighted by molar-refractivity contribution is 0.922. The fourth-order valence-electron chi connectivity index (χ4n) is 2.58. The predicted molar refractivity (Wildman–Crippen MR) is 151 cm³/mol. The number of hydrogen-bond acceptors (Lipinski definition) is 0. The minimum atomic E-state index is 1.14. The molecule has 0 atom stereocenters. The third-order valence-corrected chi connectivity index (χ3v) is 4.01. The molecule has 0 saturated heterocycles. The van der Waals surface area contributed by atoms with E-state index in [-0.39, 0.29) is 0 Å². The molecule has 0 heterocycles. The van der Waals surface area contributed by atoms with Crippen molar-refractivity contribution in [3.05, 3.63) is 108 Å². The monoisotopic (exact) mass is 436 g/mol. The van der Waals surface area contributed by atoms with E-state index in [0.717, 1.165) is 6.42 Å². The number of benzene rings is 3. The van der Waals surface area contributed by atoms with Crippen molar-refractivity contribution in [3.63, 3.8) is 0 Å². The van der Waals surface area contributed by atoms with Gasteiger partial charge in [-0.25, -0.2) is 0 Å². The van der Waals surface area contributed by atoms with Gasteiger partial charge in [-0.15, -0.1) is 0 Å². The third-order valence-electron chi connectivity index (χ3n) is 4.01. The van der Waals surface area contributed by atoms with Gasteiger partial charge in [-0.3, -0.25) is 0 Å². The van der Waals surface area contributed by atoms with Crippen molar-refractivity contribution in [1.29, 1.82) is 0 Å². The van der Waals surface area contributed by atoms with Crippen molar-refractivity contribution >= 4 is 0 Å². The van der Waals surface area contributed by atoms with Crippen LogP contribution in [0.25, 0.3) is 0 Å². The molecule has 0 amide bonds. The maximum atomic E-state index is 2.20. The van der Waals surface area contributed by atoms with Crippen LogP contribution in [0.4, 0.5) is 0 Å². The van der Waals surface area contributed by atoms with Gasteiger partial charge in [0, 0.05) is 0 Å². The van der Waals surface area contributed by atoms with Crippen molar-refractivity contribution in [2.75, 3.05) is 0 Å². The summed E-state index contributed by atoms with van der Waals surface area (Å²) < 4.78 is 0. The van der Waals surface area contributed by atoms with Crippen LogP contribution in [0.2, 0.25) is 0 Å². The Balaban J connectivity index is -0.000000353. The number of aryl methyl sites for hydroxylation is 3. The SMILES string of the molecule is CC.CC.CC.CCCc1ccccc1.CCCc1ccccc1.CCc1ccccc1. The first-order valence-electron chi connectivity index (χ1n) is 12.9. The summed E-state index contributed by atoms with van der Waals surface area (Å²) in [5.41, 5.74) is 4.30. The summed E-state index contributed by atoms with van der Waals surface area (Å²) in [6.07, 6.45) is 6.04. The molecule has 0 saturated carbocycles. The molecule has 0 spiro atoms. The van der Waals surface area contributed by atoms with Crippen LogP contribution in [0, 0.1) is 0 Å². The van der Waals surface area contributed by atoms with Gasteiger partial charge >= 0.3 is 0 Å². The highest BCUT2D eigenvalue weighted by Crippen LogP contribution is 2.01. The highest BCUT2D eigenvalue weighted by Gasteiger charge is 1.85. The summed E-state index contributed by atoms with van der Waals surface area (Å²) in [6, 6.07) is 31.6. The maximum absolute atomic E-state index is 2.20. The molecule has 0 nitrogen and oxygen atoms in total. The van der Waals surface area contributed by atoms with Crippen LogP contribution in [0.15, 0.2) is 91.0 Å². The van der Waals surface area contributed by atoms with Gasteiger partial charge in [0.15, 0.2) is 0 Å². The van der Waals surface area contributed by atoms with Crippen LogP contribution in [-0.4, -0.2) is 0 Å². The zero-order chi connectivity index (χ0) is 24.9. The van der Waals surface area contributed by atoms with Gasteiger partial charge in [0.2, 0.25) is 0 Å². The lowest BCUT2D eigenvalue weighted by Crippen LogP contribution is -1.78. The van der Waals surface area contributed by atoms with Gasteiger partial charge in [-0.2, -0.15) is 0 Å². The van der Waals surface area contributed by atoms with Gasteiger partial charge in [0.1, 0.15) is 0 Å². The first-order valence-corrected chi connectivity index (χ1v) is 12.9. The summed E-state index contributed by atoms with van der Waals surface area (Å²) in [7, 11) is 0. The Morgan fingerprint density at radius 3 is 0.812 bits per heavy atom. The molecule has 0 N–H and O–H groups in total. The second-order valence-corrected chi connectivity index (χ2v) is 6.31. The Labute approximate surface area is 202 Å². The molecule has 0 aliphatic heterocycles. The summed E-state index contributed by atoms with van der Waals surface area (Å²) in [5, 5.41) is 0. The van der Waals surface area contributed by atoms with E-state index < -0.39 is 0 Å². The second kappa shape index (κ2) is 30.9. The molecule has 180 valence electrons. The summed E-state index contributed by atoms with van der Waals surface area (Å²) in [6.45, 7) is 18.6. The van der Waals surface area contributed by atoms with Crippen LogP contribution in [-0.2, 0) is 19.3 Å². The van der Waals surface area contributed by atoms with E-state index >= 15 is 0 Å². The van der Waals surface area contributed by atoms with Crippen molar-refractivity contribution < 1.29 is 0 Å². The minimum absolute atomic E-state index is 1.14. The molecule has 3 aromatic rings. The van der Waals surface area contributed by atoms with Gasteiger partial charge in [-0.05, 0) is 36.0 Å². The van der Waals surface area contributed by atoms with E-state index in [1.807, 2.05) is 47.6 Å². The summed E-state index contributed by atoms with van der Waals surface area (Å²) in [5.74, 6) is 0. The van der Waals surface area contributed by atoms with E-state index in [9.17, 15) is 0 Å². The molecule has 0 heteroatoms. The predicted octanol–water partition coefficient (Wildman–Crippen LogP) is 10.6. The zero-order valence-electron chi connectivity index (χ0n) is 22.7. The number of rotatable bonds is 5. The average molecular weight is 437 g/mol. The van der Waals surface area contributed by atoms with E-state index in [1.165, 1.54) is 42.4 Å². The Hall–Kier alpha value is -2.34. The van der Waals surface area contributed by atoms with E-state index in [2.05, 4.69) is 106 Å². The highest BCUT2D eigenvalue weighted by atomic mass is 13.9. The standard InChI is InChI=1S/2C9H12.C8H10.3C2H6/c2*1-2-6-9-7-4-3-5-8-9;1-2-8-6-4-3-5-7-8;3*1-2/h2*3-5,7-8H,2,6H2,1H3;3-7H,2H2,1H3;3*1-2H3. The molecular formula is C32H52. The summed E-state index contributed by atoms with van der Waals surface area (Å²) in [4.78, 5) is 0. The smallest absolute Gasteiger partial charge is 0.0281 e. The molecular weight excluding hydrogens is 384 g/mol. The molecule has 0 aliphatic carbocycles. The lowest BCUT2D eigenvalue weighted by atomic mass is 10.1. The van der Waals surface area contributed by atoms with Gasteiger partial charge < -0.3 is 0 Å². The molecule has 0 aliphatic rings. The fourth-order valence-corrected chi connectivity index (χ4v) is 2.58. The largest absolute Gasteiger partial charge is 0.0683 e. The Bertz CT molecular complexity index is 600. The van der Waals surface area contributed by atoms with Gasteiger partial charge in [-0.1, -0.05) is 166 Å². The normalized spacial score (nSPS) is 8.16. The quantitative estimate of drug-likeness (QED) is 0.373. The molecule has 3 rings (SSSR count). The molecule has 0 aromatic heterocycles. The number of hydrogen-bond donors (Lipinski definition) is 0. The fraction of sp³-hybridized carbons (Fsp3) is 0.438. The van der Waals surface area contributed by atoms with Crippen molar-refractivity contribution in [2.24, 2.45) is 0 Å². The molecule has 0 unspecified atom stereocenters. The third kappa shape index (κ3) is 22.3. The Kier molecular flexibility index (Phi) is 33.0. The second-order valence-electron chi connectivity index (χ2n) is 6.31. The lowest BCUT2D eigenvalue weighted by Gasteiger charge is -1.93. The van der Waals surface area contributed by atoms with Crippen LogP contribution in [0.1, 0.15) is 91.8 Å². The molecule has 0 fully saturated rings. The van der Waals surface area contributed by atoms with Crippen molar-refractivity contribution in [3.8, 4) is 0 Å². The van der Waals surface area contributed by atoms with E-state index in [1.54, 1.807) is 0 Å². The zero-order valence-corrected chi connectivity index (χ0v) is 22.7. The van der Waals surface area contributed by atoms with Crippen molar-refractivity contribution in [2.45, 2.75) is 94.4 Å². The van der Waals surface area contributed by atoms with Crippen LogP contribution in [0.3, 0.4) is 0 Å². The van der Waals surface area contributed by atoms with Gasteiger partial charge in [0.05, 0.1) is 0 Å². The topological polar surface area (TPSA) is 0 Å². The molecule has 0 radical (unpaired) electrons. The van der Waals surface area contributed by atoms with E-state index in [4.69, 9.17) is 0 Å². The van der Waals surface area contributed by atoms with Gasteiger partial charge in [0.25, 0.3) is 0 Å². The first-order chi connectivity index (χ1) is 15.8. The highest BCUT2D eigenvalue weighted by molar-refractivity contribution is 5.15. The summed E-state index contributed by atoms with van der Waals surface area (Å²) >= 11 is 0. The van der Waals surface area contributed by atoms with Crippen LogP contribution < -0.4 is 0 Å². The maximum Gasteiger partial charge on any atom is -0.0281 e. The van der Waals surface area contributed by atoms with Crippen LogP contribution >= 0.6 is 0 Å². The van der Waals surface area contributed by atoms with E-state index in [0.29, 0.717) is 0 Å². The molecule has 0 bridgehead atoms. The molecule has 32 heavy (non-hydrogen) atoms. The Morgan fingerprint density at radius 2 is 0.625 bits per heavy atom. The Morgan fingerprint density at radius 1 is 0.375 bits per heavy atom. The van der Waals surface area contributed by atoms with Crippen molar-refractivity contribution in [1.82, 2.24) is 0 Å². The van der Waals surface area contributed by atoms with Crippen LogP contribution in [0.5, 0.6) is 0 Å². The molecule has 3 aromatic carbocycles.